The van der Waals surface area contributed by atoms with Crippen LogP contribution in [0.2, 0.25) is 0 Å². The fraction of sp³-hybridized carbons (Fsp3) is 0.318. The maximum absolute atomic E-state index is 12.7. The second-order valence-electron chi connectivity index (χ2n) is 6.95. The molecule has 0 aromatic heterocycles. The third-order valence-corrected chi connectivity index (χ3v) is 5.82. The van der Waals surface area contributed by atoms with Crippen molar-refractivity contribution in [2.24, 2.45) is 0 Å². The molecule has 3 rings (SSSR count). The zero-order valence-electron chi connectivity index (χ0n) is 16.6. The van der Waals surface area contributed by atoms with Crippen LogP contribution in [0.3, 0.4) is 0 Å². The van der Waals surface area contributed by atoms with E-state index in [1.54, 1.807) is 18.7 Å². The molecular weight excluding hydrogens is 386 g/mol. The Balaban J connectivity index is 1.47. The summed E-state index contributed by atoms with van der Waals surface area (Å²) in [6.45, 7) is 3.89. The number of urea groups is 1. The summed E-state index contributed by atoms with van der Waals surface area (Å²) in [5.74, 6) is 0.198. The van der Waals surface area contributed by atoms with Gasteiger partial charge in [0.25, 0.3) is 5.91 Å². The molecule has 6 nitrogen and oxygen atoms in total. The van der Waals surface area contributed by atoms with E-state index in [4.69, 9.17) is 0 Å². The summed E-state index contributed by atoms with van der Waals surface area (Å²) in [5.41, 5.74) is 1.73. The summed E-state index contributed by atoms with van der Waals surface area (Å²) in [6, 6.07) is 16.4. The Kier molecular flexibility index (Phi) is 6.93. The second-order valence-corrected chi connectivity index (χ2v) is 8.12. The number of amides is 4. The van der Waals surface area contributed by atoms with Gasteiger partial charge in [-0.05, 0) is 50.3 Å². The molecule has 1 heterocycles. The molecule has 2 aromatic rings. The third kappa shape index (κ3) is 5.17. The Morgan fingerprint density at radius 2 is 1.76 bits per heavy atom. The van der Waals surface area contributed by atoms with E-state index in [1.165, 1.54) is 9.80 Å². The van der Waals surface area contributed by atoms with Crippen molar-refractivity contribution in [2.45, 2.75) is 31.2 Å². The van der Waals surface area contributed by atoms with E-state index in [-0.39, 0.29) is 18.4 Å². The number of carbonyl (C=O) groups excluding carboxylic acids is 3. The van der Waals surface area contributed by atoms with Crippen molar-refractivity contribution in [1.82, 2.24) is 10.2 Å². The van der Waals surface area contributed by atoms with Crippen LogP contribution in [-0.2, 0) is 9.59 Å². The van der Waals surface area contributed by atoms with Gasteiger partial charge in [-0.25, -0.2) is 4.79 Å². The molecular formula is C22H25N3O3S. The number of thioether (sulfide) groups is 1. The molecule has 1 fully saturated rings. The summed E-state index contributed by atoms with van der Waals surface area (Å²) in [5, 5.41) is 2.80. The van der Waals surface area contributed by atoms with Gasteiger partial charge in [-0.15, -0.1) is 11.8 Å². The second kappa shape index (κ2) is 9.60. The first kappa shape index (κ1) is 20.9. The van der Waals surface area contributed by atoms with Gasteiger partial charge in [0.15, 0.2) is 0 Å². The van der Waals surface area contributed by atoms with Crippen molar-refractivity contribution >= 4 is 35.3 Å². The van der Waals surface area contributed by atoms with Gasteiger partial charge in [0, 0.05) is 17.1 Å². The van der Waals surface area contributed by atoms with Gasteiger partial charge in [0.1, 0.15) is 12.6 Å². The fourth-order valence-electron chi connectivity index (χ4n) is 3.12. The molecule has 2 aromatic carbocycles. The number of hydrogen-bond acceptors (Lipinski definition) is 4. The van der Waals surface area contributed by atoms with E-state index >= 15 is 0 Å². The van der Waals surface area contributed by atoms with Gasteiger partial charge < -0.3 is 5.32 Å². The monoisotopic (exact) mass is 411 g/mol. The van der Waals surface area contributed by atoms with Crippen molar-refractivity contribution in [3.8, 4) is 0 Å². The molecule has 1 N–H and O–H groups in total. The number of rotatable bonds is 8. The van der Waals surface area contributed by atoms with Gasteiger partial charge in [-0.2, -0.15) is 0 Å². The van der Waals surface area contributed by atoms with E-state index in [0.717, 1.165) is 22.6 Å². The van der Waals surface area contributed by atoms with Crippen LogP contribution < -0.4 is 10.2 Å². The summed E-state index contributed by atoms with van der Waals surface area (Å²) in [4.78, 5) is 41.1. The number of nitrogens with zero attached hydrogens (tertiary/aromatic N) is 2. The first-order valence-electron chi connectivity index (χ1n) is 9.63. The number of nitrogens with one attached hydrogen (secondary N) is 1. The molecule has 1 atom stereocenters. The lowest BCUT2D eigenvalue weighted by molar-refractivity contribution is -0.131. The van der Waals surface area contributed by atoms with Crippen LogP contribution in [0.25, 0.3) is 0 Å². The van der Waals surface area contributed by atoms with Crippen molar-refractivity contribution < 1.29 is 14.4 Å². The topological polar surface area (TPSA) is 69.7 Å². The highest BCUT2D eigenvalue weighted by atomic mass is 32.2. The summed E-state index contributed by atoms with van der Waals surface area (Å²) in [7, 11) is 0. The van der Waals surface area contributed by atoms with E-state index < -0.39 is 12.1 Å². The van der Waals surface area contributed by atoms with Crippen LogP contribution in [0.4, 0.5) is 10.5 Å². The predicted octanol–water partition coefficient (Wildman–Crippen LogP) is 3.45. The normalized spacial score (nSPS) is 16.4. The van der Waals surface area contributed by atoms with Gasteiger partial charge in [-0.3, -0.25) is 19.4 Å². The summed E-state index contributed by atoms with van der Waals surface area (Å²) >= 11 is 1.73. The minimum absolute atomic E-state index is 0.254. The lowest BCUT2D eigenvalue weighted by atomic mass is 10.2. The SMILES string of the molecule is Cc1ccc(N2C(=O)N(CC(=O)NCCCSc3ccccc3)C(=O)[C@H]2C)cc1. The average molecular weight is 412 g/mol. The highest BCUT2D eigenvalue weighted by Gasteiger charge is 2.43. The molecule has 0 unspecified atom stereocenters. The molecule has 7 heteroatoms. The molecule has 4 amide bonds. The zero-order valence-corrected chi connectivity index (χ0v) is 17.4. The summed E-state index contributed by atoms with van der Waals surface area (Å²) in [6.07, 6.45) is 0.805. The van der Waals surface area contributed by atoms with Gasteiger partial charge >= 0.3 is 6.03 Å². The van der Waals surface area contributed by atoms with Crippen LogP contribution in [0.15, 0.2) is 59.5 Å². The zero-order chi connectivity index (χ0) is 20.8. The minimum atomic E-state index is -0.625. The smallest absolute Gasteiger partial charge is 0.332 e. The number of benzene rings is 2. The van der Waals surface area contributed by atoms with E-state index in [1.807, 2.05) is 49.4 Å². The Hall–Kier alpha value is -2.80. The molecule has 152 valence electrons. The van der Waals surface area contributed by atoms with Gasteiger partial charge in [0.2, 0.25) is 5.91 Å². The minimum Gasteiger partial charge on any atom is -0.355 e. The number of hydrogen-bond donors (Lipinski definition) is 1. The van der Waals surface area contributed by atoms with Crippen molar-refractivity contribution in [3.63, 3.8) is 0 Å². The maximum Gasteiger partial charge on any atom is 0.332 e. The largest absolute Gasteiger partial charge is 0.355 e. The van der Waals surface area contributed by atoms with E-state index in [9.17, 15) is 14.4 Å². The Labute approximate surface area is 175 Å². The number of carbonyl (C=O) groups is 3. The number of imide groups is 1. The Bertz CT molecular complexity index is 871. The highest BCUT2D eigenvalue weighted by molar-refractivity contribution is 7.99. The first-order valence-corrected chi connectivity index (χ1v) is 10.6. The quantitative estimate of drug-likeness (QED) is 0.410. The summed E-state index contributed by atoms with van der Waals surface area (Å²) < 4.78 is 0. The van der Waals surface area contributed by atoms with E-state index in [2.05, 4.69) is 17.4 Å². The van der Waals surface area contributed by atoms with Crippen LogP contribution in [0.5, 0.6) is 0 Å². The van der Waals surface area contributed by atoms with Crippen molar-refractivity contribution in [3.05, 3.63) is 60.2 Å². The third-order valence-electron chi connectivity index (χ3n) is 4.72. The molecule has 0 saturated carbocycles. The van der Waals surface area contributed by atoms with Crippen LogP contribution in [0.1, 0.15) is 18.9 Å². The van der Waals surface area contributed by atoms with Crippen LogP contribution in [0, 0.1) is 6.92 Å². The maximum atomic E-state index is 12.7. The molecule has 0 radical (unpaired) electrons. The lowest BCUT2D eigenvalue weighted by Crippen LogP contribution is -2.41. The van der Waals surface area contributed by atoms with Gasteiger partial charge in [-0.1, -0.05) is 35.9 Å². The molecule has 1 aliphatic heterocycles. The van der Waals surface area contributed by atoms with Crippen LogP contribution >= 0.6 is 11.8 Å². The Morgan fingerprint density at radius 1 is 1.07 bits per heavy atom. The Morgan fingerprint density at radius 3 is 2.45 bits per heavy atom. The molecule has 1 saturated heterocycles. The number of aryl methyl sites for hydroxylation is 1. The molecule has 0 aliphatic carbocycles. The number of anilines is 1. The highest BCUT2D eigenvalue weighted by Crippen LogP contribution is 2.25. The van der Waals surface area contributed by atoms with Crippen molar-refractivity contribution in [2.75, 3.05) is 23.7 Å². The fourth-order valence-corrected chi connectivity index (χ4v) is 3.99. The molecule has 29 heavy (non-hydrogen) atoms. The molecule has 0 bridgehead atoms. The van der Waals surface area contributed by atoms with E-state index in [0.29, 0.717) is 12.2 Å². The van der Waals surface area contributed by atoms with Gasteiger partial charge in [0.05, 0.1) is 0 Å². The predicted molar refractivity (Wildman–Crippen MR) is 115 cm³/mol. The standard InChI is InChI=1S/C22H25N3O3S/c1-16-9-11-18(12-10-16)25-17(2)21(27)24(22(25)28)15-20(26)23-13-6-14-29-19-7-4-3-5-8-19/h3-5,7-12,17H,6,13-15H2,1-2H3,(H,23,26)/t17-/m1/s1. The molecule has 1 aliphatic rings. The molecule has 0 spiro atoms. The average Bonchev–Trinajstić information content (AvgIpc) is 2.93. The lowest BCUT2D eigenvalue weighted by Gasteiger charge is -2.19. The first-order chi connectivity index (χ1) is 14.0. The van der Waals surface area contributed by atoms with Crippen LogP contribution in [-0.4, -0.2) is 47.6 Å². The van der Waals surface area contributed by atoms with Crippen molar-refractivity contribution in [1.29, 1.82) is 0 Å².